The van der Waals surface area contributed by atoms with Crippen LogP contribution in [0.5, 0.6) is 0 Å². The Morgan fingerprint density at radius 2 is 1.88 bits per heavy atom. The van der Waals surface area contributed by atoms with Gasteiger partial charge in [-0.15, -0.1) is 0 Å². The van der Waals surface area contributed by atoms with Crippen molar-refractivity contribution in [2.24, 2.45) is 0 Å². The monoisotopic (exact) mass is 339 g/mol. The van der Waals surface area contributed by atoms with Crippen LogP contribution in [0.3, 0.4) is 0 Å². The highest BCUT2D eigenvalue weighted by Gasteiger charge is 2.29. The zero-order valence-electron chi connectivity index (χ0n) is 15.2. The van der Waals surface area contributed by atoms with Crippen LogP contribution in [-0.2, 0) is 6.54 Å². The molecule has 25 heavy (non-hydrogen) atoms. The first-order chi connectivity index (χ1) is 12.3. The lowest BCUT2D eigenvalue weighted by Gasteiger charge is -2.35. The minimum Gasteiger partial charge on any atom is -0.302 e. The molecule has 0 saturated carbocycles. The standard InChI is InChI=1S/C20H29N5/c1-16-21-20(23-22-16)18-9-12-24(13-10-18)15-19-8-5-11-25(19)14-17-6-3-2-4-7-17/h2-4,6-7,18-19H,5,8-15H2,1H3,(H,21,22,23)/t19-/m1/s1. The number of nitrogens with zero attached hydrogens (tertiary/aromatic N) is 4. The molecule has 1 aromatic carbocycles. The van der Waals surface area contributed by atoms with Gasteiger partial charge in [0, 0.05) is 25.0 Å². The van der Waals surface area contributed by atoms with Gasteiger partial charge >= 0.3 is 0 Å². The number of hydrogen-bond acceptors (Lipinski definition) is 4. The summed E-state index contributed by atoms with van der Waals surface area (Å²) in [4.78, 5) is 9.87. The molecule has 134 valence electrons. The largest absolute Gasteiger partial charge is 0.302 e. The Hall–Kier alpha value is -1.72. The second-order valence-corrected chi connectivity index (χ2v) is 7.61. The number of aryl methyl sites for hydroxylation is 1. The fourth-order valence-corrected chi connectivity index (χ4v) is 4.34. The fourth-order valence-electron chi connectivity index (χ4n) is 4.34. The Balaban J connectivity index is 1.29. The minimum atomic E-state index is 0.533. The van der Waals surface area contributed by atoms with E-state index in [9.17, 15) is 0 Å². The van der Waals surface area contributed by atoms with Crippen molar-refractivity contribution in [3.05, 3.63) is 47.5 Å². The average molecular weight is 339 g/mol. The summed E-state index contributed by atoms with van der Waals surface area (Å²) in [7, 11) is 0. The zero-order chi connectivity index (χ0) is 17.1. The van der Waals surface area contributed by atoms with Crippen LogP contribution in [0.1, 0.15) is 48.8 Å². The van der Waals surface area contributed by atoms with E-state index in [1.807, 2.05) is 6.92 Å². The highest BCUT2D eigenvalue weighted by molar-refractivity contribution is 5.15. The molecule has 0 radical (unpaired) electrons. The second kappa shape index (κ2) is 7.67. The molecule has 0 aliphatic carbocycles. The lowest BCUT2D eigenvalue weighted by molar-refractivity contribution is 0.141. The predicted molar refractivity (Wildman–Crippen MR) is 99.4 cm³/mol. The molecule has 1 aromatic heterocycles. The summed E-state index contributed by atoms with van der Waals surface area (Å²) >= 11 is 0. The van der Waals surface area contributed by atoms with Crippen LogP contribution in [-0.4, -0.2) is 57.2 Å². The second-order valence-electron chi connectivity index (χ2n) is 7.61. The summed E-state index contributed by atoms with van der Waals surface area (Å²) < 4.78 is 0. The van der Waals surface area contributed by atoms with Crippen molar-refractivity contribution < 1.29 is 0 Å². The van der Waals surface area contributed by atoms with E-state index in [1.165, 1.54) is 57.4 Å². The third kappa shape index (κ3) is 4.10. The van der Waals surface area contributed by atoms with Crippen LogP contribution in [0.2, 0.25) is 0 Å². The van der Waals surface area contributed by atoms with Crippen molar-refractivity contribution in [1.82, 2.24) is 25.0 Å². The van der Waals surface area contributed by atoms with E-state index in [-0.39, 0.29) is 0 Å². The molecular weight excluding hydrogens is 310 g/mol. The predicted octanol–water partition coefficient (Wildman–Crippen LogP) is 2.96. The number of piperidine rings is 1. The van der Waals surface area contributed by atoms with Crippen molar-refractivity contribution in [3.8, 4) is 0 Å². The SMILES string of the molecule is Cc1nc(C2CCN(C[C@H]3CCCN3Cc3ccccc3)CC2)n[nH]1. The van der Waals surface area contributed by atoms with E-state index in [4.69, 9.17) is 0 Å². The van der Waals surface area contributed by atoms with Crippen LogP contribution in [0.25, 0.3) is 0 Å². The Labute approximate surface area is 150 Å². The topological polar surface area (TPSA) is 48.1 Å². The Kier molecular flexibility index (Phi) is 5.13. The summed E-state index contributed by atoms with van der Waals surface area (Å²) in [6.45, 7) is 7.88. The molecule has 2 fully saturated rings. The lowest BCUT2D eigenvalue weighted by atomic mass is 9.95. The first-order valence-electron chi connectivity index (χ1n) is 9.67. The number of benzene rings is 1. The van der Waals surface area contributed by atoms with Crippen LogP contribution in [0, 0.1) is 6.92 Å². The molecule has 0 unspecified atom stereocenters. The normalized spacial score (nSPS) is 23.3. The minimum absolute atomic E-state index is 0.533. The van der Waals surface area contributed by atoms with Gasteiger partial charge in [-0.1, -0.05) is 30.3 Å². The van der Waals surface area contributed by atoms with Gasteiger partial charge in [0.15, 0.2) is 5.82 Å². The molecule has 5 heteroatoms. The van der Waals surface area contributed by atoms with E-state index >= 15 is 0 Å². The van der Waals surface area contributed by atoms with Crippen LogP contribution < -0.4 is 0 Å². The van der Waals surface area contributed by atoms with Gasteiger partial charge in [0.25, 0.3) is 0 Å². The zero-order valence-corrected chi connectivity index (χ0v) is 15.2. The van der Waals surface area contributed by atoms with Gasteiger partial charge in [0.05, 0.1) is 0 Å². The maximum absolute atomic E-state index is 4.53. The summed E-state index contributed by atoms with van der Waals surface area (Å²) in [5, 5.41) is 7.35. The molecule has 0 spiro atoms. The first-order valence-corrected chi connectivity index (χ1v) is 9.67. The third-order valence-electron chi connectivity index (χ3n) is 5.76. The molecule has 0 amide bonds. The molecule has 1 N–H and O–H groups in total. The first kappa shape index (κ1) is 16.7. The third-order valence-corrected chi connectivity index (χ3v) is 5.76. The lowest BCUT2D eigenvalue weighted by Crippen LogP contribution is -2.43. The average Bonchev–Trinajstić information content (AvgIpc) is 3.26. The summed E-state index contributed by atoms with van der Waals surface area (Å²) in [6.07, 6.45) is 5.04. The fraction of sp³-hybridized carbons (Fsp3) is 0.600. The van der Waals surface area contributed by atoms with Crippen molar-refractivity contribution in [2.75, 3.05) is 26.2 Å². The maximum atomic E-state index is 4.53. The van der Waals surface area contributed by atoms with Crippen molar-refractivity contribution in [3.63, 3.8) is 0 Å². The van der Waals surface area contributed by atoms with Crippen LogP contribution in [0.4, 0.5) is 0 Å². The number of hydrogen-bond donors (Lipinski definition) is 1. The van der Waals surface area contributed by atoms with Crippen LogP contribution in [0.15, 0.2) is 30.3 Å². The molecule has 4 rings (SSSR count). The van der Waals surface area contributed by atoms with Crippen LogP contribution >= 0.6 is 0 Å². The van der Waals surface area contributed by atoms with Gasteiger partial charge in [-0.2, -0.15) is 5.10 Å². The maximum Gasteiger partial charge on any atom is 0.153 e. The van der Waals surface area contributed by atoms with Gasteiger partial charge in [-0.25, -0.2) is 4.98 Å². The number of nitrogens with one attached hydrogen (secondary N) is 1. The summed E-state index contributed by atoms with van der Waals surface area (Å²) in [5.74, 6) is 2.48. The van der Waals surface area contributed by atoms with E-state index in [2.05, 4.69) is 55.3 Å². The molecule has 2 aliphatic rings. The van der Waals surface area contributed by atoms with E-state index < -0.39 is 0 Å². The highest BCUT2D eigenvalue weighted by atomic mass is 15.2. The number of aromatic nitrogens is 3. The summed E-state index contributed by atoms with van der Waals surface area (Å²) in [5.41, 5.74) is 1.44. The number of rotatable bonds is 5. The molecular formula is C20H29N5. The molecule has 0 bridgehead atoms. The molecule has 2 aliphatic heterocycles. The van der Waals surface area contributed by atoms with Crippen molar-refractivity contribution >= 4 is 0 Å². The number of aromatic amines is 1. The molecule has 2 saturated heterocycles. The Morgan fingerprint density at radius 1 is 1.08 bits per heavy atom. The van der Waals surface area contributed by atoms with E-state index in [0.29, 0.717) is 12.0 Å². The van der Waals surface area contributed by atoms with Gasteiger partial charge < -0.3 is 4.90 Å². The molecule has 2 aromatic rings. The molecule has 5 nitrogen and oxygen atoms in total. The Morgan fingerprint density at radius 3 is 2.60 bits per heavy atom. The van der Waals surface area contributed by atoms with Gasteiger partial charge in [0.1, 0.15) is 5.82 Å². The van der Waals surface area contributed by atoms with Gasteiger partial charge in [-0.3, -0.25) is 10.00 Å². The number of likely N-dealkylation sites (tertiary alicyclic amines) is 2. The quantitative estimate of drug-likeness (QED) is 0.910. The van der Waals surface area contributed by atoms with Crippen molar-refractivity contribution in [2.45, 2.75) is 51.1 Å². The van der Waals surface area contributed by atoms with Gasteiger partial charge in [0.2, 0.25) is 0 Å². The van der Waals surface area contributed by atoms with Gasteiger partial charge in [-0.05, 0) is 57.8 Å². The summed E-state index contributed by atoms with van der Waals surface area (Å²) in [6, 6.07) is 11.6. The van der Waals surface area contributed by atoms with E-state index in [1.54, 1.807) is 0 Å². The van der Waals surface area contributed by atoms with Crippen molar-refractivity contribution in [1.29, 1.82) is 0 Å². The molecule has 1 atom stereocenters. The molecule has 3 heterocycles. The van der Waals surface area contributed by atoms with E-state index in [0.717, 1.165) is 18.2 Å². The highest BCUT2D eigenvalue weighted by Crippen LogP contribution is 2.27. The smallest absolute Gasteiger partial charge is 0.153 e. The Bertz CT molecular complexity index is 660. The number of H-pyrrole nitrogens is 1.